The maximum atomic E-state index is 9.49. The van der Waals surface area contributed by atoms with Crippen molar-refractivity contribution in [1.29, 1.82) is 0 Å². The monoisotopic (exact) mass is 233 g/mol. The van der Waals surface area contributed by atoms with Crippen molar-refractivity contribution >= 4 is 21.4 Å². The van der Waals surface area contributed by atoms with Gasteiger partial charge in [-0.2, -0.15) is 0 Å². The number of phenolic OH excluding ortho intramolecular Hbond substituents is 1. The Labute approximate surface area is 98.9 Å². The van der Waals surface area contributed by atoms with Crippen molar-refractivity contribution in [2.75, 3.05) is 0 Å². The summed E-state index contributed by atoms with van der Waals surface area (Å²) in [5.41, 5.74) is 1.31. The molecule has 3 rings (SSSR count). The van der Waals surface area contributed by atoms with Gasteiger partial charge in [-0.25, -0.2) is 0 Å². The number of fused-ring (bicyclic) bond motifs is 1. The predicted molar refractivity (Wildman–Crippen MR) is 68.0 cm³/mol. The fourth-order valence-electron chi connectivity index (χ4n) is 2.07. The summed E-state index contributed by atoms with van der Waals surface area (Å²) in [6.07, 6.45) is 3.99. The first-order valence-corrected chi connectivity index (χ1v) is 6.63. The van der Waals surface area contributed by atoms with E-state index in [1.165, 1.54) is 34.9 Å². The lowest BCUT2D eigenvalue weighted by molar-refractivity contribution is 0.339. The molecule has 0 bridgehead atoms. The van der Waals surface area contributed by atoms with Crippen molar-refractivity contribution in [2.45, 2.75) is 31.8 Å². The summed E-state index contributed by atoms with van der Waals surface area (Å²) in [7, 11) is 0. The van der Waals surface area contributed by atoms with Gasteiger partial charge >= 0.3 is 0 Å². The van der Waals surface area contributed by atoms with Crippen LogP contribution in [0.2, 0.25) is 0 Å². The fraction of sp³-hybridized carbons (Fsp3) is 0.385. The molecule has 1 saturated carbocycles. The molecule has 0 atom stereocenters. The number of nitrogens with one attached hydrogen (secondary N) is 1. The third kappa shape index (κ3) is 1.81. The largest absolute Gasteiger partial charge is 0.508 e. The number of thiophene rings is 1. The summed E-state index contributed by atoms with van der Waals surface area (Å²) >= 11 is 1.75. The van der Waals surface area contributed by atoms with Gasteiger partial charge < -0.3 is 10.4 Å². The molecule has 1 aromatic heterocycles. The molecule has 16 heavy (non-hydrogen) atoms. The Morgan fingerprint density at radius 1 is 1.38 bits per heavy atom. The molecule has 1 aliphatic rings. The third-order valence-electron chi connectivity index (χ3n) is 3.32. The SMILES string of the molecule is Oc1ccc2scc(CNC3CCC3)c2c1. The van der Waals surface area contributed by atoms with E-state index >= 15 is 0 Å². The van der Waals surface area contributed by atoms with E-state index in [4.69, 9.17) is 0 Å². The van der Waals surface area contributed by atoms with Gasteiger partial charge in [-0.05, 0) is 42.0 Å². The Balaban J connectivity index is 1.82. The van der Waals surface area contributed by atoms with Gasteiger partial charge in [-0.1, -0.05) is 6.42 Å². The highest BCUT2D eigenvalue weighted by atomic mass is 32.1. The normalized spacial score (nSPS) is 16.5. The zero-order chi connectivity index (χ0) is 11.0. The molecule has 0 spiro atoms. The van der Waals surface area contributed by atoms with Crippen molar-refractivity contribution in [2.24, 2.45) is 0 Å². The highest BCUT2D eigenvalue weighted by Gasteiger charge is 2.16. The summed E-state index contributed by atoms with van der Waals surface area (Å²) in [5, 5.41) is 16.4. The van der Waals surface area contributed by atoms with Crippen LogP contribution < -0.4 is 5.32 Å². The number of rotatable bonds is 3. The second-order valence-corrected chi connectivity index (χ2v) is 5.36. The van der Waals surface area contributed by atoms with Crippen LogP contribution in [0.4, 0.5) is 0 Å². The molecule has 0 saturated heterocycles. The van der Waals surface area contributed by atoms with E-state index in [0.717, 1.165) is 6.54 Å². The van der Waals surface area contributed by atoms with Gasteiger partial charge in [0.15, 0.2) is 0 Å². The molecule has 2 nitrogen and oxygen atoms in total. The van der Waals surface area contributed by atoms with E-state index in [0.29, 0.717) is 11.8 Å². The van der Waals surface area contributed by atoms with E-state index in [-0.39, 0.29) is 0 Å². The first kappa shape index (κ1) is 10.1. The summed E-state index contributed by atoms with van der Waals surface area (Å²) < 4.78 is 1.25. The molecule has 0 unspecified atom stereocenters. The Bertz CT molecular complexity index is 502. The Kier molecular flexibility index (Phi) is 2.58. The van der Waals surface area contributed by atoms with E-state index in [1.807, 2.05) is 12.1 Å². The lowest BCUT2D eigenvalue weighted by Gasteiger charge is -2.26. The van der Waals surface area contributed by atoms with Gasteiger partial charge in [0.05, 0.1) is 0 Å². The summed E-state index contributed by atoms with van der Waals surface area (Å²) in [6, 6.07) is 6.32. The van der Waals surface area contributed by atoms with Crippen molar-refractivity contribution in [1.82, 2.24) is 5.32 Å². The topological polar surface area (TPSA) is 32.3 Å². The van der Waals surface area contributed by atoms with E-state index in [2.05, 4.69) is 10.7 Å². The molecule has 1 aromatic carbocycles. The van der Waals surface area contributed by atoms with E-state index in [1.54, 1.807) is 17.4 Å². The van der Waals surface area contributed by atoms with Crippen molar-refractivity contribution < 1.29 is 5.11 Å². The van der Waals surface area contributed by atoms with Crippen LogP contribution in [0.3, 0.4) is 0 Å². The van der Waals surface area contributed by atoms with Crippen LogP contribution >= 0.6 is 11.3 Å². The quantitative estimate of drug-likeness (QED) is 0.853. The standard InChI is InChI=1S/C13H15NOS/c15-11-4-5-13-12(6-11)9(8-16-13)7-14-10-2-1-3-10/h4-6,8,10,14-15H,1-3,7H2. The van der Waals surface area contributed by atoms with Crippen molar-refractivity contribution in [3.63, 3.8) is 0 Å². The predicted octanol–water partition coefficient (Wildman–Crippen LogP) is 3.25. The molecule has 0 amide bonds. The maximum Gasteiger partial charge on any atom is 0.116 e. The minimum absolute atomic E-state index is 0.357. The van der Waals surface area contributed by atoms with Gasteiger partial charge in [0.25, 0.3) is 0 Å². The Morgan fingerprint density at radius 2 is 2.25 bits per heavy atom. The van der Waals surface area contributed by atoms with Crippen LogP contribution in [0.15, 0.2) is 23.6 Å². The molecular weight excluding hydrogens is 218 g/mol. The number of phenols is 1. The number of aromatic hydroxyl groups is 1. The van der Waals surface area contributed by atoms with E-state index in [9.17, 15) is 5.11 Å². The lowest BCUT2D eigenvalue weighted by atomic mass is 9.93. The molecule has 1 aliphatic carbocycles. The van der Waals surface area contributed by atoms with Crippen LogP contribution in [0.1, 0.15) is 24.8 Å². The van der Waals surface area contributed by atoms with Crippen LogP contribution in [-0.2, 0) is 6.54 Å². The second kappa shape index (κ2) is 4.07. The van der Waals surface area contributed by atoms with Crippen LogP contribution in [0, 0.1) is 0 Å². The van der Waals surface area contributed by atoms with Gasteiger partial charge in [-0.15, -0.1) is 11.3 Å². The number of benzene rings is 1. The van der Waals surface area contributed by atoms with Crippen LogP contribution in [-0.4, -0.2) is 11.1 Å². The zero-order valence-corrected chi connectivity index (χ0v) is 9.89. The maximum absolute atomic E-state index is 9.49. The number of hydrogen-bond acceptors (Lipinski definition) is 3. The highest BCUT2D eigenvalue weighted by molar-refractivity contribution is 7.17. The average Bonchev–Trinajstić information content (AvgIpc) is 2.59. The number of hydrogen-bond donors (Lipinski definition) is 2. The van der Waals surface area contributed by atoms with Crippen molar-refractivity contribution in [3.8, 4) is 5.75 Å². The molecule has 84 valence electrons. The molecule has 2 N–H and O–H groups in total. The summed E-state index contributed by atoms with van der Waals surface area (Å²) in [4.78, 5) is 0. The Morgan fingerprint density at radius 3 is 3.00 bits per heavy atom. The molecule has 1 heterocycles. The molecular formula is C13H15NOS. The first-order valence-electron chi connectivity index (χ1n) is 5.75. The molecule has 3 heteroatoms. The fourth-order valence-corrected chi connectivity index (χ4v) is 3.02. The highest BCUT2D eigenvalue weighted by Crippen LogP contribution is 2.29. The smallest absolute Gasteiger partial charge is 0.116 e. The third-order valence-corrected chi connectivity index (χ3v) is 4.34. The Hall–Kier alpha value is -1.06. The average molecular weight is 233 g/mol. The molecule has 0 radical (unpaired) electrons. The van der Waals surface area contributed by atoms with E-state index < -0.39 is 0 Å². The zero-order valence-electron chi connectivity index (χ0n) is 9.07. The van der Waals surface area contributed by atoms with Crippen molar-refractivity contribution in [3.05, 3.63) is 29.1 Å². The molecule has 0 aliphatic heterocycles. The summed E-state index contributed by atoms with van der Waals surface area (Å²) in [5.74, 6) is 0.357. The van der Waals surface area contributed by atoms with Gasteiger partial charge in [0, 0.05) is 22.7 Å². The molecule has 2 aromatic rings. The lowest BCUT2D eigenvalue weighted by Crippen LogP contribution is -2.34. The van der Waals surface area contributed by atoms with Gasteiger partial charge in [0.1, 0.15) is 5.75 Å². The van der Waals surface area contributed by atoms with Gasteiger partial charge in [-0.3, -0.25) is 0 Å². The minimum Gasteiger partial charge on any atom is -0.508 e. The second-order valence-electron chi connectivity index (χ2n) is 4.45. The van der Waals surface area contributed by atoms with Crippen LogP contribution in [0.25, 0.3) is 10.1 Å². The van der Waals surface area contributed by atoms with Gasteiger partial charge in [0.2, 0.25) is 0 Å². The summed E-state index contributed by atoms with van der Waals surface area (Å²) in [6.45, 7) is 0.925. The minimum atomic E-state index is 0.357. The van der Waals surface area contributed by atoms with Crippen LogP contribution in [0.5, 0.6) is 5.75 Å². The molecule has 1 fully saturated rings. The first-order chi connectivity index (χ1) is 7.83.